The lowest BCUT2D eigenvalue weighted by atomic mass is 10.0. The van der Waals surface area contributed by atoms with Gasteiger partial charge in [0.05, 0.1) is 0 Å². The van der Waals surface area contributed by atoms with Gasteiger partial charge in [0.1, 0.15) is 0 Å². The van der Waals surface area contributed by atoms with Gasteiger partial charge in [0.2, 0.25) is 0 Å². The van der Waals surface area contributed by atoms with Gasteiger partial charge in [-0.1, -0.05) is 17.7 Å². The van der Waals surface area contributed by atoms with Crippen LogP contribution in [0.3, 0.4) is 0 Å². The molecule has 1 aliphatic rings. The molecule has 1 aromatic rings. The molecule has 0 radical (unpaired) electrons. The highest BCUT2D eigenvalue weighted by molar-refractivity contribution is 5.52. The van der Waals surface area contributed by atoms with Gasteiger partial charge in [0, 0.05) is 11.9 Å². The lowest BCUT2D eigenvalue weighted by Crippen LogP contribution is -2.22. The smallest absolute Gasteiger partial charge is 0.0373 e. The van der Waals surface area contributed by atoms with Crippen molar-refractivity contribution in [3.8, 4) is 0 Å². The topological polar surface area (TPSA) is 24.9 Å². The van der Waals surface area contributed by atoms with Crippen molar-refractivity contribution in [1.82, 2.24) is 10.3 Å². The van der Waals surface area contributed by atoms with Gasteiger partial charge in [-0.25, -0.2) is 0 Å². The van der Waals surface area contributed by atoms with E-state index in [4.69, 9.17) is 0 Å². The Balaban J connectivity index is 2.11. The van der Waals surface area contributed by atoms with Crippen molar-refractivity contribution in [2.45, 2.75) is 19.8 Å². The van der Waals surface area contributed by atoms with Crippen LogP contribution >= 0.6 is 0 Å². The largest absolute Gasteiger partial charge is 0.316 e. The van der Waals surface area contributed by atoms with E-state index in [1.807, 2.05) is 13.1 Å². The predicted octanol–water partition coefficient (Wildman–Crippen LogP) is 2.16. The van der Waals surface area contributed by atoms with Crippen molar-refractivity contribution >= 4 is 6.08 Å². The number of rotatable bonds is 1. The molecule has 1 fully saturated rings. The Bertz CT molecular complexity index is 317. The normalized spacial score (nSPS) is 16.8. The second kappa shape index (κ2) is 4.38. The fraction of sp³-hybridized carbons (Fsp3) is 0.417. The fourth-order valence-corrected chi connectivity index (χ4v) is 1.69. The highest BCUT2D eigenvalue weighted by Crippen LogP contribution is 2.14. The summed E-state index contributed by atoms with van der Waals surface area (Å²) in [6.07, 6.45) is 6.57. The van der Waals surface area contributed by atoms with E-state index in [1.54, 1.807) is 0 Å². The molecule has 2 rings (SSSR count). The molecule has 1 N–H and O–H groups in total. The van der Waals surface area contributed by atoms with E-state index >= 15 is 0 Å². The van der Waals surface area contributed by atoms with E-state index in [0.29, 0.717) is 0 Å². The SMILES string of the molecule is Cc1ccc(C=C2CCNCC2)cn1. The Hall–Kier alpha value is -1.15. The Labute approximate surface area is 85.1 Å². The maximum atomic E-state index is 4.28. The van der Waals surface area contributed by atoms with Crippen LogP contribution in [0.2, 0.25) is 0 Å². The third kappa shape index (κ3) is 2.42. The van der Waals surface area contributed by atoms with Crippen molar-refractivity contribution < 1.29 is 0 Å². The molecule has 0 atom stereocenters. The summed E-state index contributed by atoms with van der Waals surface area (Å²) < 4.78 is 0. The predicted molar refractivity (Wildman–Crippen MR) is 59.1 cm³/mol. The van der Waals surface area contributed by atoms with Crippen LogP contribution in [0.4, 0.5) is 0 Å². The lowest BCUT2D eigenvalue weighted by Gasteiger charge is -2.14. The van der Waals surface area contributed by atoms with Crippen LogP contribution in [0.1, 0.15) is 24.1 Å². The number of nitrogens with one attached hydrogen (secondary N) is 1. The molecule has 1 aromatic heterocycles. The molecule has 1 saturated heterocycles. The molecule has 0 saturated carbocycles. The number of piperidine rings is 1. The van der Waals surface area contributed by atoms with E-state index in [-0.39, 0.29) is 0 Å². The second-order valence-electron chi connectivity index (χ2n) is 3.79. The van der Waals surface area contributed by atoms with Crippen LogP contribution in [0.5, 0.6) is 0 Å². The van der Waals surface area contributed by atoms with Gasteiger partial charge in [0.25, 0.3) is 0 Å². The number of aryl methyl sites for hydroxylation is 1. The van der Waals surface area contributed by atoms with E-state index in [2.05, 4.69) is 28.5 Å². The average molecular weight is 188 g/mol. The van der Waals surface area contributed by atoms with E-state index in [0.717, 1.165) is 18.8 Å². The number of hydrogen-bond donors (Lipinski definition) is 1. The molecule has 74 valence electrons. The zero-order valence-corrected chi connectivity index (χ0v) is 8.59. The highest BCUT2D eigenvalue weighted by Gasteiger charge is 2.03. The van der Waals surface area contributed by atoms with Crippen molar-refractivity contribution in [2.24, 2.45) is 0 Å². The maximum Gasteiger partial charge on any atom is 0.0373 e. The van der Waals surface area contributed by atoms with E-state index in [1.165, 1.54) is 24.0 Å². The van der Waals surface area contributed by atoms with Crippen LogP contribution < -0.4 is 5.32 Å². The van der Waals surface area contributed by atoms with Gasteiger partial charge in [-0.15, -0.1) is 0 Å². The molecule has 2 heteroatoms. The number of pyridine rings is 1. The zero-order chi connectivity index (χ0) is 9.80. The van der Waals surface area contributed by atoms with Crippen LogP contribution in [-0.2, 0) is 0 Å². The molecule has 0 bridgehead atoms. The summed E-state index contributed by atoms with van der Waals surface area (Å²) >= 11 is 0. The monoisotopic (exact) mass is 188 g/mol. The van der Waals surface area contributed by atoms with Crippen LogP contribution in [0, 0.1) is 6.92 Å². The van der Waals surface area contributed by atoms with E-state index in [9.17, 15) is 0 Å². The first kappa shape index (κ1) is 9.41. The average Bonchev–Trinajstić information content (AvgIpc) is 2.23. The molecular weight excluding hydrogens is 172 g/mol. The minimum atomic E-state index is 1.08. The number of aromatic nitrogens is 1. The molecule has 0 spiro atoms. The molecule has 0 amide bonds. The molecular formula is C12H16N2. The van der Waals surface area contributed by atoms with Gasteiger partial charge in [0.15, 0.2) is 0 Å². The first-order valence-electron chi connectivity index (χ1n) is 5.17. The quantitative estimate of drug-likeness (QED) is 0.730. The molecule has 14 heavy (non-hydrogen) atoms. The van der Waals surface area contributed by atoms with E-state index < -0.39 is 0 Å². The maximum absolute atomic E-state index is 4.28. The minimum Gasteiger partial charge on any atom is -0.316 e. The molecule has 0 aliphatic carbocycles. The molecule has 1 aliphatic heterocycles. The highest BCUT2D eigenvalue weighted by atomic mass is 14.9. The van der Waals surface area contributed by atoms with Crippen molar-refractivity contribution in [2.75, 3.05) is 13.1 Å². The zero-order valence-electron chi connectivity index (χ0n) is 8.59. The van der Waals surface area contributed by atoms with Crippen molar-refractivity contribution in [1.29, 1.82) is 0 Å². The third-order valence-electron chi connectivity index (χ3n) is 2.55. The molecule has 0 unspecified atom stereocenters. The molecule has 0 aromatic carbocycles. The van der Waals surface area contributed by atoms with Gasteiger partial charge < -0.3 is 5.32 Å². The Morgan fingerprint density at radius 3 is 2.71 bits per heavy atom. The standard InChI is InChI=1S/C12H16N2/c1-10-2-3-12(9-14-10)8-11-4-6-13-7-5-11/h2-3,8-9,13H,4-7H2,1H3. The van der Waals surface area contributed by atoms with Gasteiger partial charge in [-0.3, -0.25) is 4.98 Å². The summed E-state index contributed by atoms with van der Waals surface area (Å²) in [6.45, 7) is 4.25. The summed E-state index contributed by atoms with van der Waals surface area (Å²) in [5.74, 6) is 0. The second-order valence-corrected chi connectivity index (χ2v) is 3.79. The van der Waals surface area contributed by atoms with Crippen LogP contribution in [0.15, 0.2) is 23.9 Å². The molecule has 2 heterocycles. The summed E-state index contributed by atoms with van der Waals surface area (Å²) in [6, 6.07) is 4.20. The lowest BCUT2D eigenvalue weighted by molar-refractivity contribution is 0.613. The first-order valence-corrected chi connectivity index (χ1v) is 5.17. The Morgan fingerprint density at radius 2 is 2.07 bits per heavy atom. The van der Waals surface area contributed by atoms with Gasteiger partial charge in [-0.05, 0) is 44.5 Å². The summed E-state index contributed by atoms with van der Waals surface area (Å²) in [5.41, 5.74) is 3.85. The van der Waals surface area contributed by atoms with Crippen molar-refractivity contribution in [3.05, 3.63) is 35.2 Å². The van der Waals surface area contributed by atoms with Crippen molar-refractivity contribution in [3.63, 3.8) is 0 Å². The van der Waals surface area contributed by atoms with Crippen LogP contribution in [-0.4, -0.2) is 18.1 Å². The third-order valence-corrected chi connectivity index (χ3v) is 2.55. The Morgan fingerprint density at radius 1 is 1.29 bits per heavy atom. The summed E-state index contributed by atoms with van der Waals surface area (Å²) in [4.78, 5) is 4.28. The first-order chi connectivity index (χ1) is 6.84. The molecule has 2 nitrogen and oxygen atoms in total. The van der Waals surface area contributed by atoms with Gasteiger partial charge in [-0.2, -0.15) is 0 Å². The summed E-state index contributed by atoms with van der Waals surface area (Å²) in [5, 5.41) is 3.35. The Kier molecular flexibility index (Phi) is 2.94. The number of nitrogens with zero attached hydrogens (tertiary/aromatic N) is 1. The number of hydrogen-bond acceptors (Lipinski definition) is 2. The van der Waals surface area contributed by atoms with Crippen LogP contribution in [0.25, 0.3) is 6.08 Å². The van der Waals surface area contributed by atoms with Gasteiger partial charge >= 0.3 is 0 Å². The fourth-order valence-electron chi connectivity index (χ4n) is 1.69. The summed E-state index contributed by atoms with van der Waals surface area (Å²) in [7, 11) is 0. The minimum absolute atomic E-state index is 1.08.